The predicted octanol–water partition coefficient (Wildman–Crippen LogP) is 3.93. The van der Waals surface area contributed by atoms with Crippen molar-refractivity contribution in [1.29, 1.82) is 0 Å². The van der Waals surface area contributed by atoms with Crippen molar-refractivity contribution in [3.05, 3.63) is 29.8 Å². The molecule has 1 amide bonds. The van der Waals surface area contributed by atoms with Crippen molar-refractivity contribution in [2.75, 3.05) is 31.6 Å². The van der Waals surface area contributed by atoms with Crippen LogP contribution in [0.4, 0.5) is 5.69 Å². The second-order valence-corrected chi connectivity index (χ2v) is 7.84. The molecule has 7 nitrogen and oxygen atoms in total. The van der Waals surface area contributed by atoms with Gasteiger partial charge < -0.3 is 25.4 Å². The van der Waals surface area contributed by atoms with Crippen molar-refractivity contribution in [1.82, 2.24) is 10.6 Å². The first-order valence-corrected chi connectivity index (χ1v) is 11.2. The third kappa shape index (κ3) is 10.2. The van der Waals surface area contributed by atoms with Crippen LogP contribution in [0, 0.1) is 5.92 Å². The molecule has 2 unspecified atom stereocenters. The Hall–Kier alpha value is -1.39. The molecule has 1 saturated heterocycles. The minimum Gasteiger partial charge on any atom is -0.378 e. The number of anilines is 1. The van der Waals surface area contributed by atoms with E-state index in [1.807, 2.05) is 31.2 Å². The molecule has 1 aliphatic heterocycles. The van der Waals surface area contributed by atoms with E-state index in [9.17, 15) is 4.79 Å². The molecule has 1 heterocycles. The molecule has 1 aromatic rings. The Labute approximate surface area is 204 Å². The molecule has 2 atom stereocenters. The third-order valence-corrected chi connectivity index (χ3v) is 5.03. The first-order valence-electron chi connectivity index (χ1n) is 11.2. The van der Waals surface area contributed by atoms with Gasteiger partial charge in [0.05, 0.1) is 12.6 Å². The summed E-state index contributed by atoms with van der Waals surface area (Å²) in [6, 6.07) is 7.80. The molecular formula is C23H39IN4O3. The van der Waals surface area contributed by atoms with Gasteiger partial charge in [0.25, 0.3) is 5.91 Å². The predicted molar refractivity (Wildman–Crippen MR) is 137 cm³/mol. The van der Waals surface area contributed by atoms with Crippen molar-refractivity contribution in [3.8, 4) is 0 Å². The second kappa shape index (κ2) is 15.4. The van der Waals surface area contributed by atoms with Crippen LogP contribution in [0.15, 0.2) is 29.3 Å². The molecule has 3 N–H and O–H groups in total. The van der Waals surface area contributed by atoms with Crippen molar-refractivity contribution in [2.24, 2.45) is 10.9 Å². The van der Waals surface area contributed by atoms with Gasteiger partial charge in [-0.05, 0) is 56.7 Å². The molecule has 176 valence electrons. The average molecular weight is 546 g/mol. The maximum absolute atomic E-state index is 12.3. The molecule has 0 aliphatic carbocycles. The molecule has 0 aromatic heterocycles. The van der Waals surface area contributed by atoms with Gasteiger partial charge in [-0.1, -0.05) is 26.0 Å². The van der Waals surface area contributed by atoms with Crippen LogP contribution in [0.3, 0.4) is 0 Å². The van der Waals surface area contributed by atoms with Gasteiger partial charge in [-0.15, -0.1) is 24.0 Å². The molecule has 8 heteroatoms. The number of aliphatic imine (C=N–C) groups is 1. The Morgan fingerprint density at radius 2 is 2.10 bits per heavy atom. The van der Waals surface area contributed by atoms with E-state index < -0.39 is 0 Å². The van der Waals surface area contributed by atoms with E-state index in [0.717, 1.165) is 56.2 Å². The van der Waals surface area contributed by atoms with Crippen LogP contribution in [0.5, 0.6) is 0 Å². The smallest absolute Gasteiger partial charge is 0.253 e. The van der Waals surface area contributed by atoms with E-state index in [4.69, 9.17) is 9.47 Å². The van der Waals surface area contributed by atoms with Crippen molar-refractivity contribution in [2.45, 2.75) is 65.7 Å². The highest BCUT2D eigenvalue weighted by atomic mass is 127. The molecule has 1 fully saturated rings. The zero-order valence-corrected chi connectivity index (χ0v) is 21.6. The number of nitrogens with one attached hydrogen (secondary N) is 3. The lowest BCUT2D eigenvalue weighted by Crippen LogP contribution is -2.39. The SMILES string of the molecule is CCNC(=NCc1cccc(NC(=O)C2CCCO2)c1)NCCC(OCC)C(C)C.I. The largest absolute Gasteiger partial charge is 0.378 e. The molecule has 31 heavy (non-hydrogen) atoms. The first-order chi connectivity index (χ1) is 14.5. The number of hydrogen-bond acceptors (Lipinski definition) is 4. The Bertz CT molecular complexity index is 679. The third-order valence-electron chi connectivity index (χ3n) is 5.03. The first kappa shape index (κ1) is 27.6. The van der Waals surface area contributed by atoms with Crippen molar-refractivity contribution in [3.63, 3.8) is 0 Å². The number of hydrogen-bond donors (Lipinski definition) is 3. The Morgan fingerprint density at radius 3 is 2.74 bits per heavy atom. The number of halogens is 1. The van der Waals surface area contributed by atoms with E-state index in [1.165, 1.54) is 0 Å². The van der Waals surface area contributed by atoms with Gasteiger partial charge in [-0.2, -0.15) is 0 Å². The normalized spacial score (nSPS) is 17.2. The van der Waals surface area contributed by atoms with Gasteiger partial charge in [-0.3, -0.25) is 4.79 Å². The van der Waals surface area contributed by atoms with Gasteiger partial charge >= 0.3 is 0 Å². The number of carbonyl (C=O) groups is 1. The quantitative estimate of drug-likeness (QED) is 0.223. The fraction of sp³-hybridized carbons (Fsp3) is 0.652. The van der Waals surface area contributed by atoms with E-state index in [2.05, 4.69) is 41.7 Å². The van der Waals surface area contributed by atoms with Crippen LogP contribution in [0.2, 0.25) is 0 Å². The summed E-state index contributed by atoms with van der Waals surface area (Å²) in [5.41, 5.74) is 1.81. The molecule has 2 rings (SSSR count). The Kier molecular flexibility index (Phi) is 13.7. The molecular weight excluding hydrogens is 507 g/mol. The summed E-state index contributed by atoms with van der Waals surface area (Å²) in [5.74, 6) is 1.20. The molecule has 0 spiro atoms. The van der Waals surface area contributed by atoms with Crippen LogP contribution in [-0.2, 0) is 20.8 Å². The number of carbonyl (C=O) groups excluding carboxylic acids is 1. The van der Waals surface area contributed by atoms with Crippen LogP contribution in [0.25, 0.3) is 0 Å². The maximum atomic E-state index is 12.3. The van der Waals surface area contributed by atoms with Gasteiger partial charge in [0.15, 0.2) is 5.96 Å². The number of benzene rings is 1. The summed E-state index contributed by atoms with van der Waals surface area (Å²) >= 11 is 0. The zero-order chi connectivity index (χ0) is 21.8. The van der Waals surface area contributed by atoms with Crippen LogP contribution in [0.1, 0.15) is 52.5 Å². The monoisotopic (exact) mass is 546 g/mol. The summed E-state index contributed by atoms with van der Waals surface area (Å²) in [5, 5.41) is 9.62. The van der Waals surface area contributed by atoms with Gasteiger partial charge in [0.1, 0.15) is 6.10 Å². The van der Waals surface area contributed by atoms with Gasteiger partial charge in [0, 0.05) is 32.0 Å². The fourth-order valence-corrected chi connectivity index (χ4v) is 3.42. The minimum absolute atomic E-state index is 0. The highest BCUT2D eigenvalue weighted by molar-refractivity contribution is 14.0. The Morgan fingerprint density at radius 1 is 1.29 bits per heavy atom. The van der Waals surface area contributed by atoms with Gasteiger partial charge in [0.2, 0.25) is 0 Å². The van der Waals surface area contributed by atoms with Crippen LogP contribution < -0.4 is 16.0 Å². The van der Waals surface area contributed by atoms with Gasteiger partial charge in [-0.25, -0.2) is 4.99 Å². The van der Waals surface area contributed by atoms with Crippen LogP contribution in [-0.4, -0.2) is 50.4 Å². The minimum atomic E-state index is -0.331. The highest BCUT2D eigenvalue weighted by Crippen LogP contribution is 2.16. The number of amides is 1. The molecule has 1 aliphatic rings. The number of ether oxygens (including phenoxy) is 2. The topological polar surface area (TPSA) is 84.0 Å². The van der Waals surface area contributed by atoms with Crippen molar-refractivity contribution < 1.29 is 14.3 Å². The number of rotatable bonds is 11. The lowest BCUT2D eigenvalue weighted by atomic mass is 10.0. The molecule has 0 radical (unpaired) electrons. The van der Waals surface area contributed by atoms with E-state index in [0.29, 0.717) is 19.1 Å². The summed E-state index contributed by atoms with van der Waals surface area (Å²) in [4.78, 5) is 16.9. The molecule has 0 bridgehead atoms. The van der Waals surface area contributed by atoms with Crippen LogP contribution >= 0.6 is 24.0 Å². The second-order valence-electron chi connectivity index (χ2n) is 7.84. The Balaban J connectivity index is 0.00000480. The average Bonchev–Trinajstić information content (AvgIpc) is 3.26. The summed E-state index contributed by atoms with van der Waals surface area (Å²) < 4.78 is 11.3. The lowest BCUT2D eigenvalue weighted by Gasteiger charge is -2.21. The van der Waals surface area contributed by atoms with E-state index in [1.54, 1.807) is 0 Å². The highest BCUT2D eigenvalue weighted by Gasteiger charge is 2.23. The lowest BCUT2D eigenvalue weighted by molar-refractivity contribution is -0.124. The maximum Gasteiger partial charge on any atom is 0.253 e. The van der Waals surface area contributed by atoms with Crippen molar-refractivity contribution >= 4 is 41.5 Å². The number of guanidine groups is 1. The summed E-state index contributed by atoms with van der Waals surface area (Å²) in [7, 11) is 0. The van der Waals surface area contributed by atoms with E-state index in [-0.39, 0.29) is 42.1 Å². The zero-order valence-electron chi connectivity index (χ0n) is 19.3. The standard InChI is InChI=1S/C23H38N4O3.HI/c1-5-24-23(25-13-12-20(17(3)4)29-6-2)26-16-18-9-7-10-19(15-18)27-22(28)21-11-8-14-30-21;/h7,9-10,15,17,20-21H,5-6,8,11-14,16H2,1-4H3,(H,27,28)(H2,24,25,26);1H. The molecule has 0 saturated carbocycles. The summed E-state index contributed by atoms with van der Waals surface area (Å²) in [6.07, 6.45) is 2.57. The summed E-state index contributed by atoms with van der Waals surface area (Å²) in [6.45, 7) is 12.0. The number of nitrogens with zero attached hydrogens (tertiary/aromatic N) is 1. The fourth-order valence-electron chi connectivity index (χ4n) is 3.42. The molecule has 1 aromatic carbocycles. The van der Waals surface area contributed by atoms with E-state index >= 15 is 0 Å².